The maximum absolute atomic E-state index is 11.9. The number of aldehydes is 2. The van der Waals surface area contributed by atoms with Gasteiger partial charge < -0.3 is 4.79 Å². The van der Waals surface area contributed by atoms with Gasteiger partial charge in [-0.3, -0.25) is 28.8 Å². The van der Waals surface area contributed by atoms with E-state index in [1.165, 1.54) is 76.7 Å². The Kier molecular flexibility index (Phi) is 32.9. The number of carbonyl (C=O) groups excluding carboxylic acids is 7. The molecule has 0 bridgehead atoms. The van der Waals surface area contributed by atoms with Crippen molar-refractivity contribution in [1.29, 1.82) is 0 Å². The van der Waals surface area contributed by atoms with Crippen LogP contribution in [0.2, 0.25) is 0 Å². The van der Waals surface area contributed by atoms with E-state index >= 15 is 0 Å². The lowest BCUT2D eigenvalue weighted by Crippen LogP contribution is -2.33. The number of rotatable bonds is 10. The van der Waals surface area contributed by atoms with Crippen LogP contribution in [0.25, 0.3) is 0 Å². The summed E-state index contributed by atoms with van der Waals surface area (Å²) in [4.78, 5) is 79.6. The topological polar surface area (TPSA) is 119 Å². The lowest BCUT2D eigenvalue weighted by atomic mass is 9.67. The van der Waals surface area contributed by atoms with Crippen LogP contribution in [0.1, 0.15) is 276 Å². The Hall–Kier alpha value is -5.95. The molecule has 8 rings (SSSR count). The minimum absolute atomic E-state index is 0.0184. The first-order valence-electron chi connectivity index (χ1n) is 35.1. The van der Waals surface area contributed by atoms with E-state index in [0.29, 0.717) is 31.0 Å². The van der Waals surface area contributed by atoms with Crippen molar-refractivity contribution < 1.29 is 33.6 Å². The maximum Gasteiger partial charge on any atom is 0.182 e. The molecule has 8 aliphatic rings. The van der Waals surface area contributed by atoms with Crippen LogP contribution in [0.15, 0.2) is 164 Å². The summed E-state index contributed by atoms with van der Waals surface area (Å²) >= 11 is 0. The van der Waals surface area contributed by atoms with Gasteiger partial charge in [-0.25, -0.2) is 0 Å². The number of hydrogen-bond donors (Lipinski definition) is 0. The molecule has 8 aliphatic carbocycles. The van der Waals surface area contributed by atoms with Crippen molar-refractivity contribution in [2.24, 2.45) is 55.7 Å². The molecular weight excluding hydrogens is 1140 g/mol. The minimum atomic E-state index is -0.0184. The largest absolute Gasteiger partial charge is 0.303 e. The standard InChI is InChI=1S/C13H18O.C13H20O.C13H18O.C13H20O.C13H18O.C11H18O.C10H16O/c1-9-4-5-12-10(6-9)7-11(14)8-13(12,2)3;2*1-5-7-11(14)12-10(2)8-6-9-13(12,3)4;1-5-6-12(14)11-7-8-13(3,4)9-10(11)2;1-5-6-7-12-10(2)8-11(14)9-13(12,3)4;1-9-5-4-7-11(2,3)10(9)6-8-12;1-8-5-4-6-10(2,3)9(8)7-11/h5,7,9H,4,6,8H2,1-3H3;5,7-8,12H,6,9H2,1-4H3;5-8H,9H2,1-4H3;5-6,9,11H,7-8H2,1-4H3;5-8H,9H2,1-4H3;8H,4-7H2,1-3H3;7H,4-6H2,1-3H3/b;2*7-5+;6-5+;6-5+,12-7-;;. The summed E-state index contributed by atoms with van der Waals surface area (Å²) < 4.78 is 0. The normalized spacial score (nSPS) is 25.0. The molecule has 0 heterocycles. The van der Waals surface area contributed by atoms with Crippen LogP contribution in [0, 0.1) is 55.7 Å². The first-order chi connectivity index (χ1) is 43.0. The summed E-state index contributed by atoms with van der Waals surface area (Å²) in [5, 5.41) is 0. The Morgan fingerprint density at radius 1 is 0.613 bits per heavy atom. The van der Waals surface area contributed by atoms with Crippen molar-refractivity contribution >= 4 is 41.5 Å². The monoisotopic (exact) mass is 1270 g/mol. The van der Waals surface area contributed by atoms with Crippen LogP contribution < -0.4 is 0 Å². The molecule has 7 nitrogen and oxygen atoms in total. The Labute approximate surface area is 567 Å². The molecule has 3 atom stereocenters. The van der Waals surface area contributed by atoms with Gasteiger partial charge in [0.25, 0.3) is 0 Å². The third-order valence-electron chi connectivity index (χ3n) is 20.2. The first-order valence-corrected chi connectivity index (χ1v) is 35.1. The fourth-order valence-electron chi connectivity index (χ4n) is 15.4. The molecule has 0 aromatic rings. The lowest BCUT2D eigenvalue weighted by Gasteiger charge is -2.36. The summed E-state index contributed by atoms with van der Waals surface area (Å²) in [6.07, 6.45) is 50.0. The molecule has 7 heteroatoms. The molecule has 0 N–H and O–H groups in total. The van der Waals surface area contributed by atoms with Gasteiger partial charge in [-0.2, -0.15) is 0 Å². The van der Waals surface area contributed by atoms with E-state index < -0.39 is 0 Å². The third kappa shape index (κ3) is 25.6. The maximum atomic E-state index is 11.9. The summed E-state index contributed by atoms with van der Waals surface area (Å²) in [6, 6.07) is 0. The van der Waals surface area contributed by atoms with E-state index in [2.05, 4.69) is 162 Å². The van der Waals surface area contributed by atoms with Gasteiger partial charge in [0.15, 0.2) is 28.9 Å². The molecule has 0 radical (unpaired) electrons. The number of fused-ring (bicyclic) bond motifs is 1. The molecule has 0 aliphatic heterocycles. The van der Waals surface area contributed by atoms with Gasteiger partial charge in [0.05, 0.1) is 0 Å². The number of ketones is 5. The van der Waals surface area contributed by atoms with Gasteiger partial charge in [0.1, 0.15) is 12.6 Å². The second-order valence-electron chi connectivity index (χ2n) is 32.3. The van der Waals surface area contributed by atoms with Crippen LogP contribution in [-0.2, 0) is 33.6 Å². The number of carbonyl (C=O) groups is 7. The summed E-state index contributed by atoms with van der Waals surface area (Å²) in [5.74, 6) is 2.14. The second kappa shape index (κ2) is 36.8. The van der Waals surface area contributed by atoms with Crippen molar-refractivity contribution in [3.63, 3.8) is 0 Å². The van der Waals surface area contributed by atoms with E-state index in [9.17, 15) is 33.6 Å². The quantitative estimate of drug-likeness (QED) is 0.121. The summed E-state index contributed by atoms with van der Waals surface area (Å²) in [5.41, 5.74) is 15.6. The highest BCUT2D eigenvalue weighted by molar-refractivity contribution is 6.06. The third-order valence-corrected chi connectivity index (χ3v) is 20.2. The van der Waals surface area contributed by atoms with Gasteiger partial charge in [0, 0.05) is 36.7 Å². The molecule has 0 spiro atoms. The molecule has 0 aromatic heterocycles. The van der Waals surface area contributed by atoms with Crippen molar-refractivity contribution in [2.45, 2.75) is 276 Å². The highest BCUT2D eigenvalue weighted by Gasteiger charge is 2.38. The molecular formula is C86H128O7. The van der Waals surface area contributed by atoms with Gasteiger partial charge in [-0.1, -0.05) is 199 Å². The first kappa shape index (κ1) is 83.1. The van der Waals surface area contributed by atoms with Gasteiger partial charge in [-0.15, -0.1) is 0 Å². The van der Waals surface area contributed by atoms with Crippen LogP contribution in [-0.4, -0.2) is 41.5 Å². The summed E-state index contributed by atoms with van der Waals surface area (Å²) in [6.45, 7) is 52.8. The number of allylic oxidation sites excluding steroid dienone is 28. The smallest absolute Gasteiger partial charge is 0.182 e. The molecule has 0 fully saturated rings. The Morgan fingerprint density at radius 2 is 1.18 bits per heavy atom. The molecule has 3 unspecified atom stereocenters. The molecule has 514 valence electrons. The van der Waals surface area contributed by atoms with E-state index in [-0.39, 0.29) is 72.9 Å². The fraction of sp³-hybridized carbons (Fsp3) is 0.593. The molecule has 93 heavy (non-hydrogen) atoms. The van der Waals surface area contributed by atoms with Crippen LogP contribution in [0.4, 0.5) is 0 Å². The fourth-order valence-corrected chi connectivity index (χ4v) is 15.4. The summed E-state index contributed by atoms with van der Waals surface area (Å²) in [7, 11) is 0. The van der Waals surface area contributed by atoms with Crippen LogP contribution in [0.5, 0.6) is 0 Å². The Bertz CT molecular complexity index is 3120. The van der Waals surface area contributed by atoms with Crippen molar-refractivity contribution in [2.75, 3.05) is 0 Å². The molecule has 0 aromatic carbocycles. The van der Waals surface area contributed by atoms with Crippen molar-refractivity contribution in [3.05, 3.63) is 164 Å². The highest BCUT2D eigenvalue weighted by atomic mass is 16.1. The Morgan fingerprint density at radius 3 is 1.69 bits per heavy atom. The minimum Gasteiger partial charge on any atom is -0.303 e. The average Bonchev–Trinajstić information content (AvgIpc) is 0.821. The predicted octanol–water partition coefficient (Wildman–Crippen LogP) is 23.0. The SMILES string of the molecule is C/C=C/C(=O)C1=C(C)C=CCC1(C)C.C/C=C/C(=O)C1C(C)=CCCC1(C)C.C/C=C/C(=O)C1CCC(C)(C)C=C1C.C/C=C/C=C1/C(C)=CC(=O)CC1(C)C.CC1=C(C=O)C(C)(C)CCC1.CC1=C(CC=O)C(C)(C)CCC1.CC1CC=C2C(=CC(=O)CC2(C)C)C1. The average molecular weight is 1270 g/mol. The van der Waals surface area contributed by atoms with Crippen LogP contribution >= 0.6 is 0 Å². The molecule has 0 saturated carbocycles. The van der Waals surface area contributed by atoms with E-state index in [1.807, 2.05) is 78.0 Å². The number of hydrogen-bond acceptors (Lipinski definition) is 7. The van der Waals surface area contributed by atoms with E-state index in [4.69, 9.17) is 0 Å². The lowest BCUT2D eigenvalue weighted by molar-refractivity contribution is -0.120. The van der Waals surface area contributed by atoms with E-state index in [0.717, 1.165) is 86.2 Å². The van der Waals surface area contributed by atoms with Crippen LogP contribution in [0.3, 0.4) is 0 Å². The zero-order valence-corrected chi connectivity index (χ0v) is 63.3. The van der Waals surface area contributed by atoms with Crippen molar-refractivity contribution in [1.82, 2.24) is 0 Å². The predicted molar refractivity (Wildman–Crippen MR) is 396 cm³/mol. The Balaban J connectivity index is 0.000000370. The van der Waals surface area contributed by atoms with Gasteiger partial charge in [0.2, 0.25) is 0 Å². The highest BCUT2D eigenvalue weighted by Crippen LogP contribution is 2.47. The zero-order chi connectivity index (χ0) is 71.1. The van der Waals surface area contributed by atoms with Gasteiger partial charge in [-0.05, 0) is 260 Å². The molecule has 0 saturated heterocycles. The molecule has 0 amide bonds. The van der Waals surface area contributed by atoms with Gasteiger partial charge >= 0.3 is 0 Å². The van der Waals surface area contributed by atoms with E-state index in [1.54, 1.807) is 30.4 Å². The zero-order valence-electron chi connectivity index (χ0n) is 63.3. The van der Waals surface area contributed by atoms with Crippen molar-refractivity contribution in [3.8, 4) is 0 Å². The second-order valence-corrected chi connectivity index (χ2v) is 32.3.